The van der Waals surface area contributed by atoms with Crippen LogP contribution in [-0.4, -0.2) is 35.6 Å². The van der Waals surface area contributed by atoms with Gasteiger partial charge in [0.25, 0.3) is 10.0 Å². The molecule has 2 aromatic rings. The normalized spacial score (nSPS) is 11.6. The Bertz CT molecular complexity index is 608. The average Bonchev–Trinajstić information content (AvgIpc) is 2.91. The fraction of sp³-hybridized carbons (Fsp3) is 0.300. The molecule has 0 bridgehead atoms. The smallest absolute Gasteiger partial charge is 0.258 e. The first-order chi connectivity index (χ1) is 9.12. The number of aromatic nitrogens is 4. The van der Waals surface area contributed by atoms with Gasteiger partial charge in [0.05, 0.1) is 6.54 Å². The number of aromatic amines is 1. The summed E-state index contributed by atoms with van der Waals surface area (Å²) in [6, 6.07) is 3.18. The SMILES string of the molecule is CNCc1ccc(S(=O)(=O)NCc2ncn[nH]2)nc1. The molecule has 0 aliphatic heterocycles. The third-order valence-electron chi connectivity index (χ3n) is 2.35. The van der Waals surface area contributed by atoms with Gasteiger partial charge in [-0.1, -0.05) is 6.07 Å². The number of hydrogen-bond donors (Lipinski definition) is 3. The van der Waals surface area contributed by atoms with Crippen LogP contribution in [0.15, 0.2) is 29.7 Å². The third-order valence-corrected chi connectivity index (χ3v) is 3.66. The van der Waals surface area contributed by atoms with Gasteiger partial charge in [-0.2, -0.15) is 5.10 Å². The zero-order chi connectivity index (χ0) is 13.7. The van der Waals surface area contributed by atoms with E-state index in [1.54, 1.807) is 6.07 Å². The van der Waals surface area contributed by atoms with Crippen LogP contribution in [0.1, 0.15) is 11.4 Å². The van der Waals surface area contributed by atoms with Crippen molar-refractivity contribution >= 4 is 10.0 Å². The number of H-pyrrole nitrogens is 1. The predicted octanol–water partition coefficient (Wildman–Crippen LogP) is -0.602. The Morgan fingerprint density at radius 3 is 2.68 bits per heavy atom. The number of sulfonamides is 1. The number of nitrogens with one attached hydrogen (secondary N) is 3. The topological polar surface area (TPSA) is 113 Å². The minimum absolute atomic E-state index is 0.0214. The molecular formula is C10H14N6O2S. The molecule has 0 radical (unpaired) electrons. The number of pyridine rings is 1. The quantitative estimate of drug-likeness (QED) is 0.652. The summed E-state index contributed by atoms with van der Waals surface area (Å²) in [4.78, 5) is 7.76. The lowest BCUT2D eigenvalue weighted by molar-refractivity contribution is 0.575. The number of nitrogens with zero attached hydrogens (tertiary/aromatic N) is 3. The fourth-order valence-electron chi connectivity index (χ4n) is 1.43. The van der Waals surface area contributed by atoms with E-state index in [1.165, 1.54) is 18.6 Å². The Morgan fingerprint density at radius 2 is 2.11 bits per heavy atom. The van der Waals surface area contributed by atoms with E-state index in [4.69, 9.17) is 0 Å². The molecule has 0 aromatic carbocycles. The van der Waals surface area contributed by atoms with Crippen molar-refractivity contribution in [2.75, 3.05) is 7.05 Å². The molecule has 2 heterocycles. The van der Waals surface area contributed by atoms with Crippen LogP contribution in [0.2, 0.25) is 0 Å². The minimum Gasteiger partial charge on any atom is -0.316 e. The summed E-state index contributed by atoms with van der Waals surface area (Å²) in [6.07, 6.45) is 2.84. The molecule has 0 aliphatic carbocycles. The second-order valence-electron chi connectivity index (χ2n) is 3.79. The van der Waals surface area contributed by atoms with E-state index in [-0.39, 0.29) is 11.6 Å². The highest BCUT2D eigenvalue weighted by molar-refractivity contribution is 7.89. The first-order valence-corrected chi connectivity index (χ1v) is 7.03. The van der Waals surface area contributed by atoms with E-state index >= 15 is 0 Å². The zero-order valence-corrected chi connectivity index (χ0v) is 11.1. The molecule has 19 heavy (non-hydrogen) atoms. The maximum Gasteiger partial charge on any atom is 0.258 e. The van der Waals surface area contributed by atoms with Gasteiger partial charge >= 0.3 is 0 Å². The Hall–Kier alpha value is -1.84. The molecule has 0 aliphatic rings. The van der Waals surface area contributed by atoms with E-state index < -0.39 is 10.0 Å². The van der Waals surface area contributed by atoms with Gasteiger partial charge in [0, 0.05) is 12.7 Å². The second kappa shape index (κ2) is 5.87. The first kappa shape index (κ1) is 13.6. The second-order valence-corrected chi connectivity index (χ2v) is 5.51. The van der Waals surface area contributed by atoms with Crippen LogP contribution in [0.25, 0.3) is 0 Å². The fourth-order valence-corrected chi connectivity index (χ4v) is 2.35. The zero-order valence-electron chi connectivity index (χ0n) is 10.3. The predicted molar refractivity (Wildman–Crippen MR) is 67.4 cm³/mol. The van der Waals surface area contributed by atoms with Crippen molar-refractivity contribution in [2.24, 2.45) is 0 Å². The highest BCUT2D eigenvalue weighted by atomic mass is 32.2. The van der Waals surface area contributed by atoms with Gasteiger partial charge in [-0.25, -0.2) is 23.1 Å². The summed E-state index contributed by atoms with van der Waals surface area (Å²) in [5.74, 6) is 0.440. The lowest BCUT2D eigenvalue weighted by atomic mass is 10.3. The van der Waals surface area contributed by atoms with E-state index in [0.29, 0.717) is 12.4 Å². The van der Waals surface area contributed by atoms with Crippen molar-refractivity contribution in [2.45, 2.75) is 18.1 Å². The van der Waals surface area contributed by atoms with Crippen molar-refractivity contribution in [3.05, 3.63) is 36.0 Å². The molecule has 9 heteroatoms. The van der Waals surface area contributed by atoms with Gasteiger partial charge in [-0.3, -0.25) is 5.10 Å². The third kappa shape index (κ3) is 3.56. The van der Waals surface area contributed by atoms with Crippen LogP contribution in [0, 0.1) is 0 Å². The summed E-state index contributed by atoms with van der Waals surface area (Å²) in [7, 11) is -1.83. The molecule has 0 atom stereocenters. The van der Waals surface area contributed by atoms with Crippen LogP contribution >= 0.6 is 0 Å². The molecule has 3 N–H and O–H groups in total. The maximum absolute atomic E-state index is 11.9. The van der Waals surface area contributed by atoms with Gasteiger partial charge in [0.1, 0.15) is 12.2 Å². The summed E-state index contributed by atoms with van der Waals surface area (Å²) in [5, 5.41) is 9.14. The molecule has 8 nitrogen and oxygen atoms in total. The van der Waals surface area contributed by atoms with E-state index in [0.717, 1.165) is 5.56 Å². The molecular weight excluding hydrogens is 268 g/mol. The van der Waals surface area contributed by atoms with Crippen molar-refractivity contribution < 1.29 is 8.42 Å². The lowest BCUT2D eigenvalue weighted by Gasteiger charge is -2.05. The first-order valence-electron chi connectivity index (χ1n) is 5.55. The van der Waals surface area contributed by atoms with Gasteiger partial charge < -0.3 is 5.32 Å². The molecule has 0 spiro atoms. The van der Waals surface area contributed by atoms with Crippen molar-refractivity contribution in [1.82, 2.24) is 30.2 Å². The van der Waals surface area contributed by atoms with E-state index in [9.17, 15) is 8.42 Å². The Kier molecular flexibility index (Phi) is 4.20. The van der Waals surface area contributed by atoms with Crippen LogP contribution in [0.3, 0.4) is 0 Å². The van der Waals surface area contributed by atoms with Crippen LogP contribution in [0.5, 0.6) is 0 Å². The molecule has 2 rings (SSSR count). The highest BCUT2D eigenvalue weighted by Gasteiger charge is 2.15. The molecule has 0 saturated carbocycles. The van der Waals surface area contributed by atoms with Crippen LogP contribution < -0.4 is 10.0 Å². The van der Waals surface area contributed by atoms with Crippen LogP contribution in [0.4, 0.5) is 0 Å². The number of rotatable bonds is 6. The summed E-state index contributed by atoms with van der Waals surface area (Å²) < 4.78 is 26.3. The molecule has 2 aromatic heterocycles. The molecule has 0 fully saturated rings. The maximum atomic E-state index is 11.9. The minimum atomic E-state index is -3.64. The number of hydrogen-bond acceptors (Lipinski definition) is 6. The van der Waals surface area contributed by atoms with Crippen molar-refractivity contribution in [1.29, 1.82) is 0 Å². The average molecular weight is 282 g/mol. The van der Waals surface area contributed by atoms with Crippen molar-refractivity contribution in [3.63, 3.8) is 0 Å². The van der Waals surface area contributed by atoms with Crippen molar-refractivity contribution in [3.8, 4) is 0 Å². The van der Waals surface area contributed by atoms with Gasteiger partial charge in [0.15, 0.2) is 5.03 Å². The summed E-state index contributed by atoms with van der Waals surface area (Å²) in [5.41, 5.74) is 0.914. The van der Waals surface area contributed by atoms with Gasteiger partial charge in [0.2, 0.25) is 0 Å². The van der Waals surface area contributed by atoms with Crippen LogP contribution in [-0.2, 0) is 23.1 Å². The molecule has 0 saturated heterocycles. The molecule has 0 amide bonds. The summed E-state index contributed by atoms with van der Waals surface area (Å²) in [6.45, 7) is 0.682. The van der Waals surface area contributed by atoms with Gasteiger partial charge in [-0.15, -0.1) is 0 Å². The highest BCUT2D eigenvalue weighted by Crippen LogP contribution is 2.06. The standard InChI is InChI=1S/C10H14N6O2S/c1-11-4-8-2-3-10(12-5-8)19(17,18)15-6-9-13-7-14-16-9/h2-3,5,7,11,15H,4,6H2,1H3,(H,13,14,16). The molecule has 102 valence electrons. The lowest BCUT2D eigenvalue weighted by Crippen LogP contribution is -2.24. The van der Waals surface area contributed by atoms with E-state index in [1.807, 2.05) is 7.05 Å². The van der Waals surface area contributed by atoms with Gasteiger partial charge in [-0.05, 0) is 18.7 Å². The van der Waals surface area contributed by atoms with E-state index in [2.05, 4.69) is 30.2 Å². The summed E-state index contributed by atoms with van der Waals surface area (Å²) >= 11 is 0. The largest absolute Gasteiger partial charge is 0.316 e. The molecule has 0 unspecified atom stereocenters. The Labute approximate surface area is 110 Å². The Morgan fingerprint density at radius 1 is 1.26 bits per heavy atom. The Balaban J connectivity index is 2.06. The monoisotopic (exact) mass is 282 g/mol.